The van der Waals surface area contributed by atoms with Gasteiger partial charge in [-0.3, -0.25) is 4.79 Å². The number of ether oxygens (including phenoxy) is 2. The molecule has 3 rings (SSSR count). The van der Waals surface area contributed by atoms with E-state index >= 15 is 0 Å². The van der Waals surface area contributed by atoms with Crippen LogP contribution in [0, 0.1) is 12.8 Å². The van der Waals surface area contributed by atoms with Crippen molar-refractivity contribution in [2.45, 2.75) is 71.4 Å². The summed E-state index contributed by atoms with van der Waals surface area (Å²) in [5.74, 6) is 1.18. The summed E-state index contributed by atoms with van der Waals surface area (Å²) in [6.07, 6.45) is 10.9. The summed E-state index contributed by atoms with van der Waals surface area (Å²) in [6.45, 7) is 6.76. The van der Waals surface area contributed by atoms with Gasteiger partial charge in [0.25, 0.3) is 0 Å². The Morgan fingerprint density at radius 2 is 2.15 bits per heavy atom. The van der Waals surface area contributed by atoms with Crippen molar-refractivity contribution in [2.75, 3.05) is 13.2 Å². The predicted octanol–water partition coefficient (Wildman–Crippen LogP) is 3.44. The van der Waals surface area contributed by atoms with E-state index in [4.69, 9.17) is 9.47 Å². The lowest BCUT2D eigenvalue weighted by atomic mass is 9.83. The molecule has 27 heavy (non-hydrogen) atoms. The maximum Gasteiger partial charge on any atom is 0.219 e. The number of allylic oxidation sites excluding steroid dienone is 2. The van der Waals surface area contributed by atoms with Crippen molar-refractivity contribution in [3.63, 3.8) is 0 Å². The molecule has 0 radical (unpaired) electrons. The van der Waals surface area contributed by atoms with Gasteiger partial charge in [-0.2, -0.15) is 0 Å². The number of amides is 1. The number of carbonyl (C=O) groups is 1. The largest absolute Gasteiger partial charge is 0.477 e. The smallest absolute Gasteiger partial charge is 0.219 e. The van der Waals surface area contributed by atoms with E-state index in [0.29, 0.717) is 25.0 Å². The average Bonchev–Trinajstić information content (AvgIpc) is 2.61. The van der Waals surface area contributed by atoms with E-state index in [1.165, 1.54) is 25.3 Å². The van der Waals surface area contributed by atoms with E-state index in [0.717, 1.165) is 36.9 Å². The highest BCUT2D eigenvalue weighted by molar-refractivity contribution is 5.73. The summed E-state index contributed by atoms with van der Waals surface area (Å²) >= 11 is 0. The molecule has 2 aliphatic carbocycles. The van der Waals surface area contributed by atoms with Gasteiger partial charge in [-0.25, -0.2) is 9.97 Å². The summed E-state index contributed by atoms with van der Waals surface area (Å²) in [4.78, 5) is 19.8. The molecule has 0 spiro atoms. The number of hydrogen-bond donors (Lipinski definition) is 1. The number of carbonyl (C=O) groups excluding carboxylic acids is 1. The second-order valence-corrected chi connectivity index (χ2v) is 7.83. The van der Waals surface area contributed by atoms with Gasteiger partial charge in [-0.05, 0) is 63.9 Å². The zero-order valence-corrected chi connectivity index (χ0v) is 16.7. The van der Waals surface area contributed by atoms with E-state index < -0.39 is 0 Å². The lowest BCUT2D eigenvalue weighted by molar-refractivity contribution is -0.120. The van der Waals surface area contributed by atoms with Crippen LogP contribution in [0.3, 0.4) is 0 Å². The van der Waals surface area contributed by atoms with Gasteiger partial charge >= 0.3 is 0 Å². The maximum atomic E-state index is 11.0. The Balaban J connectivity index is 1.43. The quantitative estimate of drug-likeness (QED) is 0.756. The predicted molar refractivity (Wildman–Crippen MR) is 104 cm³/mol. The molecular formula is C21H31N3O3. The Labute approximate surface area is 161 Å². The van der Waals surface area contributed by atoms with Crippen LogP contribution < -0.4 is 10.1 Å². The molecule has 1 heterocycles. The standard InChI is InChI=1S/C21H31N3O3/c1-14(24-16(3)25)11-26-19-9-17(10-19)12-27-21-15(2)20(22-13-23-21)18-7-5-4-6-8-18/h7,13-14,17,19H,4-6,8-12H2,1-3H3,(H,24,25)/t14-,17-,19-/m0/s1. The van der Waals surface area contributed by atoms with Crippen LogP contribution in [0.4, 0.5) is 0 Å². The van der Waals surface area contributed by atoms with Crippen molar-refractivity contribution >= 4 is 11.5 Å². The molecule has 1 amide bonds. The maximum absolute atomic E-state index is 11.0. The molecule has 0 unspecified atom stereocenters. The van der Waals surface area contributed by atoms with Gasteiger partial charge in [-0.15, -0.1) is 0 Å². The molecule has 0 saturated heterocycles. The number of hydrogen-bond acceptors (Lipinski definition) is 5. The first-order valence-electron chi connectivity index (χ1n) is 10.1. The van der Waals surface area contributed by atoms with Gasteiger partial charge in [0.05, 0.1) is 25.0 Å². The van der Waals surface area contributed by atoms with Crippen LogP contribution in [0.1, 0.15) is 63.6 Å². The van der Waals surface area contributed by atoms with Gasteiger partial charge in [0.15, 0.2) is 0 Å². The summed E-state index contributed by atoms with van der Waals surface area (Å²) in [7, 11) is 0. The lowest BCUT2D eigenvalue weighted by Gasteiger charge is -2.35. The van der Waals surface area contributed by atoms with E-state index in [2.05, 4.69) is 28.3 Å². The second-order valence-electron chi connectivity index (χ2n) is 7.83. The molecular weight excluding hydrogens is 342 g/mol. The summed E-state index contributed by atoms with van der Waals surface area (Å²) in [6, 6.07) is 0.0500. The van der Waals surface area contributed by atoms with E-state index in [-0.39, 0.29) is 18.1 Å². The van der Waals surface area contributed by atoms with E-state index in [9.17, 15) is 4.79 Å². The van der Waals surface area contributed by atoms with E-state index in [1.54, 1.807) is 6.33 Å². The number of rotatable bonds is 8. The highest BCUT2D eigenvalue weighted by atomic mass is 16.5. The fraction of sp³-hybridized carbons (Fsp3) is 0.667. The molecule has 148 valence electrons. The van der Waals surface area contributed by atoms with Crippen molar-refractivity contribution in [2.24, 2.45) is 5.92 Å². The summed E-state index contributed by atoms with van der Waals surface area (Å²) in [5, 5.41) is 2.84. The monoisotopic (exact) mass is 373 g/mol. The first kappa shape index (κ1) is 19.8. The summed E-state index contributed by atoms with van der Waals surface area (Å²) < 4.78 is 11.8. The minimum Gasteiger partial charge on any atom is -0.477 e. The lowest BCUT2D eigenvalue weighted by Crippen LogP contribution is -2.40. The third-order valence-electron chi connectivity index (χ3n) is 5.31. The fourth-order valence-corrected chi connectivity index (χ4v) is 3.77. The number of aromatic nitrogens is 2. The fourth-order valence-electron chi connectivity index (χ4n) is 3.77. The second kappa shape index (κ2) is 9.31. The van der Waals surface area contributed by atoms with Crippen molar-refractivity contribution in [3.8, 4) is 5.88 Å². The Kier molecular flexibility index (Phi) is 6.83. The zero-order valence-electron chi connectivity index (χ0n) is 16.7. The molecule has 1 aromatic heterocycles. The molecule has 1 atom stereocenters. The Morgan fingerprint density at radius 1 is 1.33 bits per heavy atom. The molecule has 2 aliphatic rings. The van der Waals surface area contributed by atoms with Gasteiger partial charge in [0.1, 0.15) is 6.33 Å². The molecule has 1 aromatic rings. The van der Waals surface area contributed by atoms with Crippen LogP contribution in [-0.4, -0.2) is 41.2 Å². The topological polar surface area (TPSA) is 73.3 Å². The van der Waals surface area contributed by atoms with Gasteiger partial charge in [0, 0.05) is 18.5 Å². The van der Waals surface area contributed by atoms with Crippen LogP contribution in [0.25, 0.3) is 5.57 Å². The van der Waals surface area contributed by atoms with Gasteiger partial charge in [0.2, 0.25) is 11.8 Å². The van der Waals surface area contributed by atoms with Crippen molar-refractivity contribution in [1.82, 2.24) is 15.3 Å². The first-order valence-corrected chi connectivity index (χ1v) is 10.1. The third-order valence-corrected chi connectivity index (χ3v) is 5.31. The highest BCUT2D eigenvalue weighted by Gasteiger charge is 2.31. The number of nitrogens with one attached hydrogen (secondary N) is 1. The molecule has 0 bridgehead atoms. The molecule has 6 heteroatoms. The highest BCUT2D eigenvalue weighted by Crippen LogP contribution is 2.33. The van der Waals surface area contributed by atoms with Crippen molar-refractivity contribution < 1.29 is 14.3 Å². The molecule has 0 aliphatic heterocycles. The third kappa shape index (κ3) is 5.51. The van der Waals surface area contributed by atoms with Crippen LogP contribution in [0.2, 0.25) is 0 Å². The van der Waals surface area contributed by atoms with E-state index in [1.807, 2.05) is 6.92 Å². The van der Waals surface area contributed by atoms with Crippen LogP contribution >= 0.6 is 0 Å². The molecule has 6 nitrogen and oxygen atoms in total. The van der Waals surface area contributed by atoms with Crippen LogP contribution in [-0.2, 0) is 9.53 Å². The normalized spacial score (nSPS) is 23.1. The molecule has 1 N–H and O–H groups in total. The molecule has 1 saturated carbocycles. The zero-order chi connectivity index (χ0) is 19.2. The Morgan fingerprint density at radius 3 is 2.85 bits per heavy atom. The van der Waals surface area contributed by atoms with Gasteiger partial charge < -0.3 is 14.8 Å². The van der Waals surface area contributed by atoms with Gasteiger partial charge in [-0.1, -0.05) is 6.08 Å². The minimum absolute atomic E-state index is 0.0189. The van der Waals surface area contributed by atoms with Crippen LogP contribution in [0.15, 0.2) is 12.4 Å². The average molecular weight is 373 g/mol. The molecule has 0 aromatic carbocycles. The first-order chi connectivity index (χ1) is 13.0. The molecule has 1 fully saturated rings. The van der Waals surface area contributed by atoms with Crippen molar-refractivity contribution in [3.05, 3.63) is 23.7 Å². The SMILES string of the molecule is CC(=O)N[C@@H](C)CO[C@H]1C[C@H](COc2ncnc(C3=CCCCC3)c2C)C1. The number of nitrogens with zero attached hydrogens (tertiary/aromatic N) is 2. The van der Waals surface area contributed by atoms with Crippen molar-refractivity contribution in [1.29, 1.82) is 0 Å². The summed E-state index contributed by atoms with van der Waals surface area (Å²) in [5.41, 5.74) is 3.42. The van der Waals surface area contributed by atoms with Crippen LogP contribution in [0.5, 0.6) is 5.88 Å². The minimum atomic E-state index is -0.0189. The Bertz CT molecular complexity index is 683. The Hall–Kier alpha value is -1.95.